The Hall–Kier alpha value is -0.780. The van der Waals surface area contributed by atoms with Gasteiger partial charge in [0.05, 0.1) is 0 Å². The summed E-state index contributed by atoms with van der Waals surface area (Å²) in [6.07, 6.45) is 21.4. The van der Waals surface area contributed by atoms with Crippen LogP contribution in [0.3, 0.4) is 0 Å². The van der Waals surface area contributed by atoms with E-state index in [2.05, 4.69) is 32.0 Å². The summed E-state index contributed by atoms with van der Waals surface area (Å²) in [5.74, 6) is 0.838. The van der Waals surface area contributed by atoms with Crippen LogP contribution in [0, 0.1) is 0 Å². The lowest BCUT2D eigenvalue weighted by atomic mass is 9.65. The number of rotatable bonds is 3. The van der Waals surface area contributed by atoms with Crippen molar-refractivity contribution in [1.82, 2.24) is 0 Å². The molecule has 3 aliphatic carbocycles. The van der Waals surface area contributed by atoms with Crippen LogP contribution in [0.5, 0.6) is 0 Å². The summed E-state index contributed by atoms with van der Waals surface area (Å²) in [6, 6.07) is 7.87. The lowest BCUT2D eigenvalue weighted by Gasteiger charge is -2.40. The molecule has 0 aromatic heterocycles. The second kappa shape index (κ2) is 7.69. The standard InChI is InChI=1S/C26H40/c1-25(16-8-4-9-17-25)22-14-15-24(26(2)18-10-5-11-19-26)23(20-22)21-12-6-3-7-13-21/h14-15,20-21H,3-13,16-19H2,1-2H3. The van der Waals surface area contributed by atoms with E-state index < -0.39 is 0 Å². The van der Waals surface area contributed by atoms with Gasteiger partial charge in [0, 0.05) is 0 Å². The Morgan fingerprint density at radius 3 is 1.81 bits per heavy atom. The quantitative estimate of drug-likeness (QED) is 0.514. The van der Waals surface area contributed by atoms with Gasteiger partial charge in [0.1, 0.15) is 0 Å². The molecule has 0 bridgehead atoms. The van der Waals surface area contributed by atoms with Crippen molar-refractivity contribution in [2.24, 2.45) is 0 Å². The number of hydrogen-bond acceptors (Lipinski definition) is 0. The van der Waals surface area contributed by atoms with Crippen molar-refractivity contribution in [3.05, 3.63) is 34.9 Å². The Balaban J connectivity index is 1.73. The topological polar surface area (TPSA) is 0 Å². The van der Waals surface area contributed by atoms with Gasteiger partial charge >= 0.3 is 0 Å². The molecule has 3 aliphatic rings. The summed E-state index contributed by atoms with van der Waals surface area (Å²) >= 11 is 0. The molecule has 0 amide bonds. The maximum atomic E-state index is 2.72. The Morgan fingerprint density at radius 2 is 1.19 bits per heavy atom. The lowest BCUT2D eigenvalue weighted by molar-refractivity contribution is 0.309. The zero-order valence-electron chi connectivity index (χ0n) is 17.4. The highest BCUT2D eigenvalue weighted by Crippen LogP contribution is 2.47. The first-order valence-electron chi connectivity index (χ1n) is 11.8. The molecule has 0 aliphatic heterocycles. The Kier molecular flexibility index (Phi) is 5.49. The molecule has 3 fully saturated rings. The highest BCUT2D eigenvalue weighted by molar-refractivity contribution is 5.42. The van der Waals surface area contributed by atoms with Crippen LogP contribution in [0.4, 0.5) is 0 Å². The molecule has 3 saturated carbocycles. The third kappa shape index (κ3) is 3.63. The smallest absolute Gasteiger partial charge is 0.00724 e. The van der Waals surface area contributed by atoms with Gasteiger partial charge in [0.15, 0.2) is 0 Å². The third-order valence-corrected chi connectivity index (χ3v) is 8.36. The summed E-state index contributed by atoms with van der Waals surface area (Å²) in [7, 11) is 0. The first-order valence-corrected chi connectivity index (χ1v) is 11.8. The molecule has 0 nitrogen and oxygen atoms in total. The van der Waals surface area contributed by atoms with Crippen molar-refractivity contribution in [2.45, 2.75) is 127 Å². The van der Waals surface area contributed by atoms with Gasteiger partial charge in [-0.2, -0.15) is 0 Å². The van der Waals surface area contributed by atoms with Crippen molar-refractivity contribution in [1.29, 1.82) is 0 Å². The first-order chi connectivity index (χ1) is 12.6. The minimum Gasteiger partial charge on any atom is -0.0582 e. The van der Waals surface area contributed by atoms with Crippen LogP contribution >= 0.6 is 0 Å². The molecule has 0 radical (unpaired) electrons. The molecule has 1 aromatic rings. The monoisotopic (exact) mass is 352 g/mol. The predicted molar refractivity (Wildman–Crippen MR) is 113 cm³/mol. The van der Waals surface area contributed by atoms with Crippen LogP contribution in [0.25, 0.3) is 0 Å². The van der Waals surface area contributed by atoms with E-state index in [1.165, 1.54) is 96.3 Å². The maximum absolute atomic E-state index is 2.72. The molecule has 0 spiro atoms. The third-order valence-electron chi connectivity index (χ3n) is 8.36. The average molecular weight is 353 g/mol. The van der Waals surface area contributed by atoms with Crippen LogP contribution in [0.1, 0.15) is 133 Å². The molecule has 0 atom stereocenters. The molecular weight excluding hydrogens is 312 g/mol. The second-order valence-electron chi connectivity index (χ2n) is 10.4. The fourth-order valence-corrected chi connectivity index (χ4v) is 6.46. The van der Waals surface area contributed by atoms with E-state index in [0.717, 1.165) is 5.92 Å². The fraction of sp³-hybridized carbons (Fsp3) is 0.769. The Morgan fingerprint density at radius 1 is 0.654 bits per heavy atom. The van der Waals surface area contributed by atoms with Crippen molar-refractivity contribution < 1.29 is 0 Å². The van der Waals surface area contributed by atoms with Crippen molar-refractivity contribution in [3.8, 4) is 0 Å². The molecule has 0 unspecified atom stereocenters. The van der Waals surface area contributed by atoms with Crippen molar-refractivity contribution in [3.63, 3.8) is 0 Å². The molecule has 1 aromatic carbocycles. The molecule has 4 rings (SSSR count). The molecule has 0 heterocycles. The SMILES string of the molecule is CC1(c2ccc(C3(C)CCCCC3)c(C3CCCCC3)c2)CCCCC1. The number of benzene rings is 1. The van der Waals surface area contributed by atoms with E-state index in [1.807, 2.05) is 0 Å². The van der Waals surface area contributed by atoms with E-state index in [9.17, 15) is 0 Å². The summed E-state index contributed by atoms with van der Waals surface area (Å²) in [4.78, 5) is 0. The first kappa shape index (κ1) is 18.6. The van der Waals surface area contributed by atoms with Gasteiger partial charge in [-0.3, -0.25) is 0 Å². The normalized spacial score (nSPS) is 26.5. The summed E-state index contributed by atoms with van der Waals surface area (Å²) < 4.78 is 0. The zero-order chi connectivity index (χ0) is 18.0. The highest BCUT2D eigenvalue weighted by Gasteiger charge is 2.35. The molecule has 0 heteroatoms. The van der Waals surface area contributed by atoms with E-state index >= 15 is 0 Å². The van der Waals surface area contributed by atoms with E-state index in [-0.39, 0.29) is 0 Å². The molecular formula is C26H40. The van der Waals surface area contributed by atoms with Crippen molar-refractivity contribution >= 4 is 0 Å². The van der Waals surface area contributed by atoms with Crippen LogP contribution in [0.15, 0.2) is 18.2 Å². The molecule has 0 N–H and O–H groups in total. The van der Waals surface area contributed by atoms with Crippen LogP contribution in [-0.2, 0) is 10.8 Å². The van der Waals surface area contributed by atoms with Crippen LogP contribution < -0.4 is 0 Å². The Labute approximate surface area is 162 Å². The van der Waals surface area contributed by atoms with Gasteiger partial charge in [0.2, 0.25) is 0 Å². The average Bonchev–Trinajstić information content (AvgIpc) is 2.69. The molecule has 144 valence electrons. The van der Waals surface area contributed by atoms with Gasteiger partial charge in [-0.05, 0) is 72.0 Å². The minimum absolute atomic E-state index is 0.438. The fourth-order valence-electron chi connectivity index (χ4n) is 6.46. The maximum Gasteiger partial charge on any atom is -0.00724 e. The van der Waals surface area contributed by atoms with Crippen LogP contribution in [-0.4, -0.2) is 0 Å². The van der Waals surface area contributed by atoms with Crippen molar-refractivity contribution in [2.75, 3.05) is 0 Å². The summed E-state index contributed by atoms with van der Waals surface area (Å²) in [6.45, 7) is 5.13. The van der Waals surface area contributed by atoms with Crippen LogP contribution in [0.2, 0.25) is 0 Å². The van der Waals surface area contributed by atoms with Gasteiger partial charge in [0.25, 0.3) is 0 Å². The predicted octanol–water partition coefficient (Wildman–Crippen LogP) is 8.18. The van der Waals surface area contributed by atoms with E-state index in [0.29, 0.717) is 10.8 Å². The zero-order valence-corrected chi connectivity index (χ0v) is 17.4. The van der Waals surface area contributed by atoms with Gasteiger partial charge < -0.3 is 0 Å². The van der Waals surface area contributed by atoms with E-state index in [1.54, 1.807) is 16.7 Å². The van der Waals surface area contributed by atoms with Gasteiger partial charge in [-0.1, -0.05) is 89.8 Å². The largest absolute Gasteiger partial charge is 0.0582 e. The summed E-state index contributed by atoms with van der Waals surface area (Å²) in [5, 5.41) is 0. The lowest BCUT2D eigenvalue weighted by Crippen LogP contribution is -2.29. The number of hydrogen-bond donors (Lipinski definition) is 0. The highest BCUT2D eigenvalue weighted by atomic mass is 14.4. The summed E-state index contributed by atoms with van der Waals surface area (Å²) in [5.41, 5.74) is 6.07. The molecule has 26 heavy (non-hydrogen) atoms. The Bertz CT molecular complexity index is 592. The minimum atomic E-state index is 0.438. The van der Waals surface area contributed by atoms with E-state index in [4.69, 9.17) is 0 Å². The second-order valence-corrected chi connectivity index (χ2v) is 10.4. The van der Waals surface area contributed by atoms with Gasteiger partial charge in [-0.15, -0.1) is 0 Å². The molecule has 0 saturated heterocycles. The van der Waals surface area contributed by atoms with Gasteiger partial charge in [-0.25, -0.2) is 0 Å².